The Morgan fingerprint density at radius 2 is 2.18 bits per heavy atom. The molecule has 0 saturated carbocycles. The number of urea groups is 1. The van der Waals surface area contributed by atoms with Crippen molar-refractivity contribution in [1.29, 1.82) is 0 Å². The van der Waals surface area contributed by atoms with Crippen LogP contribution in [0.15, 0.2) is 41.1 Å². The van der Waals surface area contributed by atoms with Gasteiger partial charge in [-0.05, 0) is 36.6 Å². The van der Waals surface area contributed by atoms with Gasteiger partial charge in [0.2, 0.25) is 5.89 Å². The number of aromatic nitrogens is 1. The van der Waals surface area contributed by atoms with E-state index in [2.05, 4.69) is 10.3 Å². The molecule has 1 saturated heterocycles. The highest BCUT2D eigenvalue weighted by Gasteiger charge is 2.27. The molecule has 2 heterocycles. The number of amides is 2. The zero-order chi connectivity index (χ0) is 15.5. The fourth-order valence-corrected chi connectivity index (χ4v) is 2.50. The molecule has 2 unspecified atom stereocenters. The first-order chi connectivity index (χ1) is 10.6. The maximum Gasteiger partial charge on any atom is 0.321 e. The van der Waals surface area contributed by atoms with E-state index in [0.717, 1.165) is 12.0 Å². The van der Waals surface area contributed by atoms with Crippen molar-refractivity contribution < 1.29 is 14.3 Å². The molecule has 0 aliphatic carbocycles. The standard InChI is InChI=1S/C16H19N3O3/c1-11-6-8-19(10-14(11)20)16(21)18-13-4-2-12(3-5-13)15-17-7-9-22-15/h2-5,7,9,11,14,20H,6,8,10H2,1H3,(H,18,21). The Bertz CT molecular complexity index is 625. The smallest absolute Gasteiger partial charge is 0.321 e. The second-order valence-electron chi connectivity index (χ2n) is 5.62. The van der Waals surface area contributed by atoms with Crippen molar-refractivity contribution in [3.63, 3.8) is 0 Å². The summed E-state index contributed by atoms with van der Waals surface area (Å²) in [6.45, 7) is 3.04. The van der Waals surface area contributed by atoms with Gasteiger partial charge in [0.25, 0.3) is 0 Å². The van der Waals surface area contributed by atoms with Crippen LogP contribution in [-0.4, -0.2) is 40.2 Å². The molecule has 6 nitrogen and oxygen atoms in total. The van der Waals surface area contributed by atoms with Crippen LogP contribution in [0.25, 0.3) is 11.5 Å². The third-order valence-corrected chi connectivity index (χ3v) is 4.02. The summed E-state index contributed by atoms with van der Waals surface area (Å²) in [5, 5.41) is 12.7. The number of oxazole rings is 1. The average Bonchev–Trinajstić information content (AvgIpc) is 3.05. The Hall–Kier alpha value is -2.34. The van der Waals surface area contributed by atoms with Crippen molar-refractivity contribution >= 4 is 11.7 Å². The number of carbonyl (C=O) groups excluding carboxylic acids is 1. The van der Waals surface area contributed by atoms with Crippen LogP contribution in [0.5, 0.6) is 0 Å². The van der Waals surface area contributed by atoms with Gasteiger partial charge >= 0.3 is 6.03 Å². The molecule has 22 heavy (non-hydrogen) atoms. The molecule has 1 aliphatic rings. The molecule has 1 aromatic carbocycles. The molecular formula is C16H19N3O3. The van der Waals surface area contributed by atoms with Gasteiger partial charge in [0.15, 0.2) is 0 Å². The number of carbonyl (C=O) groups is 1. The molecule has 2 amide bonds. The first-order valence-electron chi connectivity index (χ1n) is 7.37. The lowest BCUT2D eigenvalue weighted by atomic mass is 9.96. The van der Waals surface area contributed by atoms with Crippen molar-refractivity contribution in [2.45, 2.75) is 19.4 Å². The van der Waals surface area contributed by atoms with Crippen molar-refractivity contribution in [1.82, 2.24) is 9.88 Å². The number of nitrogens with one attached hydrogen (secondary N) is 1. The fraction of sp³-hybridized carbons (Fsp3) is 0.375. The van der Waals surface area contributed by atoms with Crippen LogP contribution in [0.1, 0.15) is 13.3 Å². The van der Waals surface area contributed by atoms with E-state index in [1.165, 1.54) is 6.26 Å². The number of piperidine rings is 1. The van der Waals surface area contributed by atoms with Crippen LogP contribution in [0.3, 0.4) is 0 Å². The van der Waals surface area contributed by atoms with Crippen molar-refractivity contribution in [3.8, 4) is 11.5 Å². The number of hydrogen-bond acceptors (Lipinski definition) is 4. The summed E-state index contributed by atoms with van der Waals surface area (Å²) < 4.78 is 5.22. The quantitative estimate of drug-likeness (QED) is 0.893. The highest BCUT2D eigenvalue weighted by atomic mass is 16.3. The Morgan fingerprint density at radius 3 is 2.82 bits per heavy atom. The van der Waals surface area contributed by atoms with Crippen LogP contribution in [0, 0.1) is 5.92 Å². The van der Waals surface area contributed by atoms with Gasteiger partial charge in [0.05, 0.1) is 12.3 Å². The average molecular weight is 301 g/mol. The molecule has 1 aromatic heterocycles. The molecule has 1 aliphatic heterocycles. The number of β-amino-alcohol motifs (C(OH)–C–C–N with tert-alkyl or cyclic N) is 1. The normalized spacial score (nSPS) is 21.6. The maximum atomic E-state index is 12.2. The maximum absolute atomic E-state index is 12.2. The molecule has 116 valence electrons. The van der Waals surface area contributed by atoms with Gasteiger partial charge in [-0.15, -0.1) is 0 Å². The van der Waals surface area contributed by atoms with E-state index in [-0.39, 0.29) is 11.9 Å². The largest absolute Gasteiger partial charge is 0.445 e. The minimum Gasteiger partial charge on any atom is -0.445 e. The Balaban J connectivity index is 1.62. The molecular weight excluding hydrogens is 282 g/mol. The number of rotatable bonds is 2. The van der Waals surface area contributed by atoms with Gasteiger partial charge in [-0.3, -0.25) is 0 Å². The molecule has 2 atom stereocenters. The number of hydrogen-bond donors (Lipinski definition) is 2. The van der Waals surface area contributed by atoms with Crippen LogP contribution in [0.4, 0.5) is 10.5 Å². The van der Waals surface area contributed by atoms with Crippen LogP contribution >= 0.6 is 0 Å². The van der Waals surface area contributed by atoms with E-state index < -0.39 is 6.10 Å². The Labute approximate surface area is 128 Å². The van der Waals surface area contributed by atoms with Crippen molar-refractivity contribution in [2.75, 3.05) is 18.4 Å². The van der Waals surface area contributed by atoms with Crippen molar-refractivity contribution in [2.24, 2.45) is 5.92 Å². The summed E-state index contributed by atoms with van der Waals surface area (Å²) in [5.41, 5.74) is 1.55. The number of aliphatic hydroxyl groups is 1. The van der Waals surface area contributed by atoms with E-state index in [1.54, 1.807) is 23.2 Å². The van der Waals surface area contributed by atoms with Crippen LogP contribution in [-0.2, 0) is 0 Å². The van der Waals surface area contributed by atoms with Gasteiger partial charge < -0.3 is 19.7 Å². The molecule has 0 radical (unpaired) electrons. The number of nitrogens with zero attached hydrogens (tertiary/aromatic N) is 2. The zero-order valence-electron chi connectivity index (χ0n) is 12.4. The lowest BCUT2D eigenvalue weighted by Crippen LogP contribution is -2.47. The highest BCUT2D eigenvalue weighted by molar-refractivity contribution is 5.89. The monoisotopic (exact) mass is 301 g/mol. The lowest BCUT2D eigenvalue weighted by molar-refractivity contribution is 0.0464. The van der Waals surface area contributed by atoms with E-state index in [0.29, 0.717) is 24.7 Å². The molecule has 2 aromatic rings. The van der Waals surface area contributed by atoms with E-state index in [4.69, 9.17) is 4.42 Å². The van der Waals surface area contributed by atoms with E-state index in [1.807, 2.05) is 19.1 Å². The number of anilines is 1. The minimum atomic E-state index is -0.452. The first-order valence-corrected chi connectivity index (χ1v) is 7.37. The second-order valence-corrected chi connectivity index (χ2v) is 5.62. The van der Waals surface area contributed by atoms with Crippen LogP contribution < -0.4 is 5.32 Å². The zero-order valence-corrected chi connectivity index (χ0v) is 12.4. The first kappa shape index (κ1) is 14.6. The summed E-state index contributed by atoms with van der Waals surface area (Å²) in [7, 11) is 0. The third kappa shape index (κ3) is 3.12. The Kier molecular flexibility index (Phi) is 4.11. The highest BCUT2D eigenvalue weighted by Crippen LogP contribution is 2.21. The second kappa shape index (κ2) is 6.19. The summed E-state index contributed by atoms with van der Waals surface area (Å²) in [4.78, 5) is 17.9. The summed E-state index contributed by atoms with van der Waals surface area (Å²) in [6, 6.07) is 7.11. The molecule has 1 fully saturated rings. The summed E-state index contributed by atoms with van der Waals surface area (Å²) in [6.07, 6.45) is 3.48. The van der Waals surface area contributed by atoms with Gasteiger partial charge in [0, 0.05) is 24.3 Å². The number of benzene rings is 1. The SMILES string of the molecule is CC1CCN(C(=O)Nc2ccc(-c3ncco3)cc2)CC1O. The van der Waals surface area contributed by atoms with E-state index >= 15 is 0 Å². The predicted octanol–water partition coefficient (Wildman–Crippen LogP) is 2.58. The fourth-order valence-electron chi connectivity index (χ4n) is 2.50. The summed E-state index contributed by atoms with van der Waals surface area (Å²) >= 11 is 0. The van der Waals surface area contributed by atoms with Gasteiger partial charge in [-0.25, -0.2) is 9.78 Å². The van der Waals surface area contributed by atoms with E-state index in [9.17, 15) is 9.90 Å². The lowest BCUT2D eigenvalue weighted by Gasteiger charge is -2.34. The minimum absolute atomic E-state index is 0.185. The van der Waals surface area contributed by atoms with Gasteiger partial charge in [-0.1, -0.05) is 6.92 Å². The summed E-state index contributed by atoms with van der Waals surface area (Å²) in [5.74, 6) is 0.787. The van der Waals surface area contributed by atoms with Gasteiger partial charge in [-0.2, -0.15) is 0 Å². The molecule has 6 heteroatoms. The molecule has 2 N–H and O–H groups in total. The third-order valence-electron chi connectivity index (χ3n) is 4.02. The number of likely N-dealkylation sites (tertiary alicyclic amines) is 1. The molecule has 0 spiro atoms. The van der Waals surface area contributed by atoms with Gasteiger partial charge in [0.1, 0.15) is 6.26 Å². The molecule has 3 rings (SSSR count). The molecule has 0 bridgehead atoms. The van der Waals surface area contributed by atoms with Crippen LogP contribution in [0.2, 0.25) is 0 Å². The topological polar surface area (TPSA) is 78.6 Å². The van der Waals surface area contributed by atoms with Crippen molar-refractivity contribution in [3.05, 3.63) is 36.7 Å². The predicted molar refractivity (Wildman–Crippen MR) is 82.3 cm³/mol. The number of aliphatic hydroxyl groups excluding tert-OH is 1. The Morgan fingerprint density at radius 1 is 1.41 bits per heavy atom.